The predicted molar refractivity (Wildman–Crippen MR) is 142 cm³/mol. The van der Waals surface area contributed by atoms with Crippen molar-refractivity contribution in [3.63, 3.8) is 0 Å². The van der Waals surface area contributed by atoms with Gasteiger partial charge in [-0.2, -0.15) is 13.2 Å². The fraction of sp³-hybridized carbons (Fsp3) is 0.321. The molecule has 1 aliphatic carbocycles. The van der Waals surface area contributed by atoms with Gasteiger partial charge in [0.2, 0.25) is 0 Å². The van der Waals surface area contributed by atoms with Crippen molar-refractivity contribution in [3.05, 3.63) is 76.6 Å². The van der Waals surface area contributed by atoms with Crippen LogP contribution in [0.15, 0.2) is 59.5 Å². The minimum absolute atomic E-state index is 0.0849. The van der Waals surface area contributed by atoms with Gasteiger partial charge in [0.15, 0.2) is 0 Å². The van der Waals surface area contributed by atoms with Gasteiger partial charge >= 0.3 is 12.1 Å². The number of aromatic carboxylic acids is 1. The second-order valence-electron chi connectivity index (χ2n) is 9.68. The molecule has 0 amide bonds. The number of halogens is 5. The van der Waals surface area contributed by atoms with Crippen molar-refractivity contribution in [3.8, 4) is 11.1 Å². The van der Waals surface area contributed by atoms with Gasteiger partial charge in [-0.25, -0.2) is 9.18 Å². The molecule has 3 aromatic rings. The molecule has 0 unspecified atom stereocenters. The van der Waals surface area contributed by atoms with Crippen molar-refractivity contribution in [1.82, 2.24) is 4.72 Å². The summed E-state index contributed by atoms with van der Waals surface area (Å²) >= 11 is 8.12. The number of benzene rings is 3. The Morgan fingerprint density at radius 1 is 1.03 bits per heavy atom. The van der Waals surface area contributed by atoms with Gasteiger partial charge in [-0.15, -0.1) is 0 Å². The predicted octanol–water partition coefficient (Wildman–Crippen LogP) is 8.56. The third-order valence-corrected chi connectivity index (χ3v) is 8.55. The van der Waals surface area contributed by atoms with E-state index in [4.69, 9.17) is 11.6 Å². The number of carbonyl (C=O) groups is 1. The summed E-state index contributed by atoms with van der Waals surface area (Å²) in [6.45, 7) is 0.547. The van der Waals surface area contributed by atoms with Gasteiger partial charge in [0.05, 0.1) is 21.8 Å². The van der Waals surface area contributed by atoms with Gasteiger partial charge in [-0.3, -0.25) is 4.72 Å². The quantitative estimate of drug-likeness (QED) is 0.245. The third kappa shape index (κ3) is 5.51. The average molecular weight is 565 g/mol. The fourth-order valence-electron chi connectivity index (χ4n) is 5.24. The standard InChI is InChI=1S/C28H25ClF4N2O2S/c29-22-14-25-26(13-20(22)17-6-11-23(30)21(12-17)27(36)37)38-34-24(16-4-2-1-3-5-16)15-35(25)19-9-7-18(8-10-19)28(31,32)33/h6-14,16,24,34H,1-5,15H2,(H,36,37)/t24-/m0/s1. The Hall–Kier alpha value is -2.75. The topological polar surface area (TPSA) is 52.6 Å². The molecule has 1 atom stereocenters. The number of carboxylic acid groups (broad SMARTS) is 1. The minimum Gasteiger partial charge on any atom is -0.478 e. The molecule has 200 valence electrons. The summed E-state index contributed by atoms with van der Waals surface area (Å²) in [6, 6.07) is 12.6. The molecule has 10 heteroatoms. The van der Waals surface area contributed by atoms with Gasteiger partial charge in [-0.1, -0.05) is 36.9 Å². The molecule has 1 fully saturated rings. The molecule has 0 saturated heterocycles. The number of rotatable bonds is 4. The van der Waals surface area contributed by atoms with Crippen LogP contribution in [0, 0.1) is 11.7 Å². The molecule has 1 aliphatic heterocycles. The van der Waals surface area contributed by atoms with Gasteiger partial charge in [0.1, 0.15) is 5.82 Å². The number of nitrogens with one attached hydrogen (secondary N) is 1. The maximum Gasteiger partial charge on any atom is 0.416 e. The van der Waals surface area contributed by atoms with Gasteiger partial charge in [0.25, 0.3) is 0 Å². The van der Waals surface area contributed by atoms with E-state index < -0.39 is 29.1 Å². The first-order valence-corrected chi connectivity index (χ1v) is 13.5. The molecule has 5 rings (SSSR count). The van der Waals surface area contributed by atoms with Crippen molar-refractivity contribution in [2.75, 3.05) is 11.4 Å². The Morgan fingerprint density at radius 3 is 2.39 bits per heavy atom. The first-order valence-electron chi connectivity index (χ1n) is 12.4. The molecule has 1 saturated carbocycles. The number of carboxylic acids is 1. The Bertz CT molecular complexity index is 1340. The minimum atomic E-state index is -4.43. The molecular weight excluding hydrogens is 540 g/mol. The lowest BCUT2D eigenvalue weighted by Crippen LogP contribution is -2.41. The molecule has 38 heavy (non-hydrogen) atoms. The van der Waals surface area contributed by atoms with E-state index in [9.17, 15) is 27.5 Å². The lowest BCUT2D eigenvalue weighted by Gasteiger charge is -2.33. The Kier molecular flexibility index (Phi) is 7.62. The van der Waals surface area contributed by atoms with Crippen molar-refractivity contribution in [2.45, 2.75) is 49.2 Å². The van der Waals surface area contributed by atoms with Crippen LogP contribution in [0.5, 0.6) is 0 Å². The van der Waals surface area contributed by atoms with Crippen molar-refractivity contribution >= 4 is 40.9 Å². The normalized spacial score (nSPS) is 18.7. The van der Waals surface area contributed by atoms with E-state index in [0.29, 0.717) is 34.3 Å². The van der Waals surface area contributed by atoms with Crippen molar-refractivity contribution in [1.29, 1.82) is 0 Å². The molecule has 2 aliphatic rings. The van der Waals surface area contributed by atoms with Crippen molar-refractivity contribution < 1.29 is 27.5 Å². The smallest absolute Gasteiger partial charge is 0.416 e. The molecule has 0 bridgehead atoms. The summed E-state index contributed by atoms with van der Waals surface area (Å²) in [7, 11) is 0. The summed E-state index contributed by atoms with van der Waals surface area (Å²) in [5.41, 5.74) is 1.16. The maximum atomic E-state index is 14.0. The summed E-state index contributed by atoms with van der Waals surface area (Å²) < 4.78 is 57.3. The zero-order valence-corrected chi connectivity index (χ0v) is 21.8. The highest BCUT2D eigenvalue weighted by Crippen LogP contribution is 2.44. The van der Waals surface area contributed by atoms with Crippen LogP contribution < -0.4 is 9.62 Å². The van der Waals surface area contributed by atoms with E-state index >= 15 is 0 Å². The largest absolute Gasteiger partial charge is 0.478 e. The van der Waals surface area contributed by atoms with Crippen LogP contribution >= 0.6 is 23.5 Å². The number of hydrogen-bond donors (Lipinski definition) is 2. The molecule has 0 aromatic heterocycles. The zero-order valence-electron chi connectivity index (χ0n) is 20.2. The summed E-state index contributed by atoms with van der Waals surface area (Å²) in [5, 5.41) is 9.67. The SMILES string of the molecule is O=C(O)c1cc(-c2cc3c(cc2Cl)N(c2ccc(C(F)(F)F)cc2)C[C@@H](C2CCCCC2)NS3)ccc1F. The van der Waals surface area contributed by atoms with Crippen LogP contribution in [0.2, 0.25) is 5.02 Å². The molecular formula is C28H25ClF4N2O2S. The van der Waals surface area contributed by atoms with Crippen molar-refractivity contribution in [2.24, 2.45) is 5.92 Å². The van der Waals surface area contributed by atoms with Gasteiger partial charge < -0.3 is 10.0 Å². The molecule has 3 aromatic carbocycles. The molecule has 2 N–H and O–H groups in total. The third-order valence-electron chi connectivity index (χ3n) is 7.27. The lowest BCUT2D eigenvalue weighted by molar-refractivity contribution is -0.137. The van der Waals surface area contributed by atoms with E-state index in [1.165, 1.54) is 42.6 Å². The monoisotopic (exact) mass is 564 g/mol. The van der Waals surface area contributed by atoms with Crippen LogP contribution in [0.4, 0.5) is 28.9 Å². The van der Waals surface area contributed by atoms with Crippen LogP contribution in [0.25, 0.3) is 11.1 Å². The second-order valence-corrected chi connectivity index (χ2v) is 11.0. The van der Waals surface area contributed by atoms with E-state index in [0.717, 1.165) is 54.5 Å². The first kappa shape index (κ1) is 26.8. The van der Waals surface area contributed by atoms with E-state index in [-0.39, 0.29) is 6.04 Å². The summed E-state index contributed by atoms with van der Waals surface area (Å²) in [6.07, 6.45) is 1.22. The van der Waals surface area contributed by atoms with E-state index in [2.05, 4.69) is 4.72 Å². The fourth-order valence-corrected chi connectivity index (χ4v) is 6.50. The number of alkyl halides is 3. The summed E-state index contributed by atoms with van der Waals surface area (Å²) in [5.74, 6) is -1.80. The molecule has 0 radical (unpaired) electrons. The van der Waals surface area contributed by atoms with Gasteiger partial charge in [-0.05, 0) is 84.8 Å². The number of nitrogens with zero attached hydrogens (tertiary/aromatic N) is 1. The molecule has 4 nitrogen and oxygen atoms in total. The first-order chi connectivity index (χ1) is 18.1. The summed E-state index contributed by atoms with van der Waals surface area (Å²) in [4.78, 5) is 14.2. The lowest BCUT2D eigenvalue weighted by atomic mass is 9.84. The number of hydrogen-bond acceptors (Lipinski definition) is 4. The van der Waals surface area contributed by atoms with E-state index in [1.54, 1.807) is 6.07 Å². The van der Waals surface area contributed by atoms with Crippen LogP contribution in [-0.4, -0.2) is 23.7 Å². The van der Waals surface area contributed by atoms with Crippen LogP contribution in [0.1, 0.15) is 48.0 Å². The highest BCUT2D eigenvalue weighted by molar-refractivity contribution is 7.97. The highest BCUT2D eigenvalue weighted by Gasteiger charge is 2.33. The second kappa shape index (κ2) is 10.8. The van der Waals surface area contributed by atoms with Gasteiger partial charge in [0, 0.05) is 28.7 Å². The Morgan fingerprint density at radius 2 is 1.74 bits per heavy atom. The van der Waals surface area contributed by atoms with Crippen LogP contribution in [-0.2, 0) is 6.18 Å². The number of fused-ring (bicyclic) bond motifs is 1. The Balaban J connectivity index is 1.58. The Labute approximate surface area is 227 Å². The average Bonchev–Trinajstić information content (AvgIpc) is 3.08. The molecule has 0 spiro atoms. The highest BCUT2D eigenvalue weighted by atomic mass is 35.5. The maximum absolute atomic E-state index is 14.0. The van der Waals surface area contributed by atoms with Crippen LogP contribution in [0.3, 0.4) is 0 Å². The number of anilines is 2. The van der Waals surface area contributed by atoms with E-state index in [1.807, 2.05) is 11.0 Å². The molecule has 1 heterocycles. The zero-order chi connectivity index (χ0) is 27.0.